The highest BCUT2D eigenvalue weighted by atomic mass is 35.5. The normalized spacial score (nSPS) is 34.6. The van der Waals surface area contributed by atoms with Crippen molar-refractivity contribution < 1.29 is 4.79 Å². The third-order valence-corrected chi connectivity index (χ3v) is 7.26. The molecule has 1 aromatic carbocycles. The van der Waals surface area contributed by atoms with Gasteiger partial charge in [-0.25, -0.2) is 0 Å². The van der Waals surface area contributed by atoms with Crippen molar-refractivity contribution in [3.8, 4) is 0 Å². The van der Waals surface area contributed by atoms with Gasteiger partial charge in [0.05, 0.1) is 10.6 Å². The lowest BCUT2D eigenvalue weighted by atomic mass is 9.49. The molecule has 1 amide bonds. The molecular formula is C19H24ClNOS. The fourth-order valence-corrected chi connectivity index (χ4v) is 6.32. The number of amides is 1. The van der Waals surface area contributed by atoms with Crippen LogP contribution in [0.15, 0.2) is 23.1 Å². The largest absolute Gasteiger partial charge is 0.351 e. The molecule has 0 aliphatic heterocycles. The third-order valence-electron chi connectivity index (χ3n) is 6.21. The predicted molar refractivity (Wildman–Crippen MR) is 96.2 cm³/mol. The first-order valence-electron chi connectivity index (χ1n) is 8.69. The standard InChI is InChI=1S/C19H24ClNOS/c1-23-15-2-3-17(20)16(7-15)18(22)21-11-19-8-12-4-13(9-19)6-14(5-12)10-19/h2-3,7,12-14H,4-6,8-11H2,1H3,(H,21,22). The fourth-order valence-electron chi connectivity index (χ4n) is 5.67. The van der Waals surface area contributed by atoms with Gasteiger partial charge in [-0.15, -0.1) is 11.8 Å². The van der Waals surface area contributed by atoms with E-state index in [0.29, 0.717) is 16.0 Å². The molecule has 0 spiro atoms. The van der Waals surface area contributed by atoms with E-state index in [0.717, 1.165) is 29.2 Å². The Kier molecular flexibility index (Phi) is 4.13. The average molecular weight is 350 g/mol. The van der Waals surface area contributed by atoms with Crippen LogP contribution in [0.4, 0.5) is 0 Å². The number of hydrogen-bond donors (Lipinski definition) is 1. The van der Waals surface area contributed by atoms with Crippen LogP contribution in [0.5, 0.6) is 0 Å². The van der Waals surface area contributed by atoms with Crippen LogP contribution < -0.4 is 5.32 Å². The molecular weight excluding hydrogens is 326 g/mol. The molecule has 0 radical (unpaired) electrons. The van der Waals surface area contributed by atoms with Gasteiger partial charge in [-0.05, 0) is 86.1 Å². The van der Waals surface area contributed by atoms with Crippen LogP contribution in [0.2, 0.25) is 5.02 Å². The molecule has 2 nitrogen and oxygen atoms in total. The van der Waals surface area contributed by atoms with Crippen LogP contribution >= 0.6 is 23.4 Å². The lowest BCUT2D eigenvalue weighted by Gasteiger charge is -2.56. The van der Waals surface area contributed by atoms with Gasteiger partial charge >= 0.3 is 0 Å². The number of nitrogens with one attached hydrogen (secondary N) is 1. The SMILES string of the molecule is CSc1ccc(Cl)c(C(=O)NCC23CC4CC(CC(C4)C2)C3)c1. The van der Waals surface area contributed by atoms with Gasteiger partial charge in [-0.3, -0.25) is 4.79 Å². The Morgan fingerprint density at radius 3 is 2.39 bits per heavy atom. The van der Waals surface area contributed by atoms with Crippen molar-refractivity contribution in [1.29, 1.82) is 0 Å². The van der Waals surface area contributed by atoms with Gasteiger partial charge in [0.1, 0.15) is 0 Å². The maximum absolute atomic E-state index is 12.6. The minimum absolute atomic E-state index is 0.0124. The molecule has 5 rings (SSSR count). The van der Waals surface area contributed by atoms with Crippen LogP contribution in [-0.2, 0) is 0 Å². The van der Waals surface area contributed by atoms with E-state index in [1.54, 1.807) is 11.8 Å². The molecule has 4 fully saturated rings. The van der Waals surface area contributed by atoms with Crippen molar-refractivity contribution in [3.63, 3.8) is 0 Å². The van der Waals surface area contributed by atoms with Crippen molar-refractivity contribution in [2.75, 3.05) is 12.8 Å². The summed E-state index contributed by atoms with van der Waals surface area (Å²) in [6.45, 7) is 0.829. The molecule has 0 aromatic heterocycles. The summed E-state index contributed by atoms with van der Waals surface area (Å²) in [6.07, 6.45) is 10.3. The Morgan fingerprint density at radius 2 is 1.83 bits per heavy atom. The van der Waals surface area contributed by atoms with E-state index >= 15 is 0 Å². The monoisotopic (exact) mass is 349 g/mol. The van der Waals surface area contributed by atoms with E-state index < -0.39 is 0 Å². The number of thioether (sulfide) groups is 1. The molecule has 4 aliphatic rings. The third kappa shape index (κ3) is 3.02. The summed E-state index contributed by atoms with van der Waals surface area (Å²) in [5.41, 5.74) is 0.983. The Morgan fingerprint density at radius 1 is 1.22 bits per heavy atom. The van der Waals surface area contributed by atoms with Crippen molar-refractivity contribution in [3.05, 3.63) is 28.8 Å². The van der Waals surface area contributed by atoms with Crippen molar-refractivity contribution >= 4 is 29.3 Å². The molecule has 0 heterocycles. The Labute approximate surface area is 147 Å². The molecule has 23 heavy (non-hydrogen) atoms. The Hall–Kier alpha value is -0.670. The maximum Gasteiger partial charge on any atom is 0.252 e. The van der Waals surface area contributed by atoms with Crippen molar-refractivity contribution in [2.24, 2.45) is 23.2 Å². The van der Waals surface area contributed by atoms with E-state index in [9.17, 15) is 4.79 Å². The average Bonchev–Trinajstić information content (AvgIpc) is 2.52. The van der Waals surface area contributed by atoms with Gasteiger partial charge in [0.2, 0.25) is 0 Å². The second-order valence-corrected chi connectivity index (χ2v) is 9.23. The van der Waals surface area contributed by atoms with E-state index in [4.69, 9.17) is 11.6 Å². The molecule has 0 unspecified atom stereocenters. The molecule has 1 aromatic rings. The van der Waals surface area contributed by atoms with Crippen LogP contribution in [-0.4, -0.2) is 18.7 Å². The van der Waals surface area contributed by atoms with E-state index in [-0.39, 0.29) is 5.91 Å². The number of benzene rings is 1. The number of halogens is 1. The smallest absolute Gasteiger partial charge is 0.252 e. The number of hydrogen-bond acceptors (Lipinski definition) is 2. The van der Waals surface area contributed by atoms with Gasteiger partial charge in [0, 0.05) is 11.4 Å². The zero-order valence-corrected chi connectivity index (χ0v) is 15.2. The Bertz CT molecular complexity index is 595. The van der Waals surface area contributed by atoms with E-state index in [1.807, 2.05) is 24.5 Å². The summed E-state index contributed by atoms with van der Waals surface area (Å²) in [5.74, 6) is 2.74. The lowest BCUT2D eigenvalue weighted by Crippen LogP contribution is -2.51. The van der Waals surface area contributed by atoms with Gasteiger partial charge in [0.15, 0.2) is 0 Å². The lowest BCUT2D eigenvalue weighted by molar-refractivity contribution is -0.0503. The molecule has 4 saturated carbocycles. The quantitative estimate of drug-likeness (QED) is 0.774. The summed E-state index contributed by atoms with van der Waals surface area (Å²) in [5, 5.41) is 3.76. The first kappa shape index (κ1) is 15.8. The van der Waals surface area contributed by atoms with Crippen LogP contribution in [0.25, 0.3) is 0 Å². The second-order valence-electron chi connectivity index (χ2n) is 7.95. The van der Waals surface area contributed by atoms with Crippen molar-refractivity contribution in [1.82, 2.24) is 5.32 Å². The maximum atomic E-state index is 12.6. The first-order valence-corrected chi connectivity index (χ1v) is 10.3. The molecule has 1 N–H and O–H groups in total. The molecule has 4 aliphatic carbocycles. The summed E-state index contributed by atoms with van der Waals surface area (Å²) in [7, 11) is 0. The topological polar surface area (TPSA) is 29.1 Å². The first-order chi connectivity index (χ1) is 11.1. The minimum Gasteiger partial charge on any atom is -0.351 e. The number of carbonyl (C=O) groups is 1. The van der Waals surface area contributed by atoms with Gasteiger partial charge in [-0.2, -0.15) is 0 Å². The molecule has 0 saturated heterocycles. The number of carbonyl (C=O) groups excluding carboxylic acids is 1. The van der Waals surface area contributed by atoms with E-state index in [1.165, 1.54) is 38.5 Å². The van der Waals surface area contributed by atoms with Gasteiger partial charge in [-0.1, -0.05) is 11.6 Å². The summed E-state index contributed by atoms with van der Waals surface area (Å²) >= 11 is 7.87. The van der Waals surface area contributed by atoms with Crippen LogP contribution in [0.3, 0.4) is 0 Å². The van der Waals surface area contributed by atoms with Gasteiger partial charge in [0.25, 0.3) is 5.91 Å². The molecule has 4 bridgehead atoms. The Balaban J connectivity index is 1.46. The van der Waals surface area contributed by atoms with Gasteiger partial charge < -0.3 is 5.32 Å². The van der Waals surface area contributed by atoms with E-state index in [2.05, 4.69) is 5.32 Å². The second kappa shape index (κ2) is 6.00. The highest BCUT2D eigenvalue weighted by Crippen LogP contribution is 2.59. The minimum atomic E-state index is -0.0124. The highest BCUT2D eigenvalue weighted by molar-refractivity contribution is 7.98. The summed E-state index contributed by atoms with van der Waals surface area (Å²) < 4.78 is 0. The number of rotatable bonds is 4. The predicted octanol–water partition coefficient (Wildman–Crippen LogP) is 5.01. The fraction of sp³-hybridized carbons (Fsp3) is 0.632. The highest BCUT2D eigenvalue weighted by Gasteiger charge is 2.50. The molecule has 4 heteroatoms. The summed E-state index contributed by atoms with van der Waals surface area (Å²) in [4.78, 5) is 13.7. The summed E-state index contributed by atoms with van der Waals surface area (Å²) in [6, 6.07) is 5.69. The molecule has 0 atom stereocenters. The van der Waals surface area contributed by atoms with Crippen molar-refractivity contribution in [2.45, 2.75) is 43.4 Å². The molecule has 124 valence electrons. The van der Waals surface area contributed by atoms with Crippen LogP contribution in [0, 0.1) is 23.2 Å². The zero-order chi connectivity index (χ0) is 16.0. The van der Waals surface area contributed by atoms with Crippen LogP contribution in [0.1, 0.15) is 48.9 Å². The zero-order valence-electron chi connectivity index (χ0n) is 13.6.